The molecule has 0 saturated heterocycles. The molecule has 0 bridgehead atoms. The standard InChI is InChI=1S/S8/c1-4-5-6-7-8(2)3. The smallest absolute Gasteiger partial charge is 0 e. The summed E-state index contributed by atoms with van der Waals surface area (Å²) in [6, 6.07) is 0. The first-order chi connectivity index (χ1) is 3.77. The van der Waals surface area contributed by atoms with Gasteiger partial charge in [0, 0.05) is 75.7 Å². The molecule has 0 fully saturated rings. The summed E-state index contributed by atoms with van der Waals surface area (Å²) in [6.45, 7) is -0.351. The summed E-state index contributed by atoms with van der Waals surface area (Å²) in [4.78, 5) is 0. The van der Waals surface area contributed by atoms with Crippen molar-refractivity contribution in [3.8, 4) is 0 Å². The van der Waals surface area contributed by atoms with Gasteiger partial charge in [-0.25, -0.2) is 0 Å². The van der Waals surface area contributed by atoms with Crippen LogP contribution >= 0.6 is 0 Å². The van der Waals surface area contributed by atoms with Crippen molar-refractivity contribution in [2.24, 2.45) is 0 Å². The molecule has 0 aliphatic heterocycles. The normalized spacial score (nSPS) is 7.00. The van der Waals surface area contributed by atoms with E-state index in [-0.39, 0.29) is 6.57 Å². The minimum Gasteiger partial charge on any atom is 0 e. The third kappa shape index (κ3) is 7.76. The fourth-order valence-electron chi connectivity index (χ4n) is 0.0454. The summed E-state index contributed by atoms with van der Waals surface area (Å²) in [6.07, 6.45) is 0. The molecule has 48 valence electrons. The van der Waals surface area contributed by atoms with Crippen LogP contribution in [0.4, 0.5) is 0 Å². The van der Waals surface area contributed by atoms with Crippen LogP contribution in [0.1, 0.15) is 0 Å². The molecule has 0 amide bonds. The molecule has 0 nitrogen and oxygen atoms in total. The zero-order valence-electron chi connectivity index (χ0n) is 3.27. The second kappa shape index (κ2) is 6.87. The van der Waals surface area contributed by atoms with Crippen LogP contribution < -0.4 is 0 Å². The Morgan fingerprint density at radius 3 is 2.12 bits per heavy atom. The van der Waals surface area contributed by atoms with Crippen molar-refractivity contribution >= 4 is 75.7 Å². The number of rotatable bonds is 0. The molecule has 0 rings (SSSR count). The Hall–Kier alpha value is 1.76. The molecule has 0 aliphatic rings. The summed E-state index contributed by atoms with van der Waals surface area (Å²) in [7, 11) is 5.88. The van der Waals surface area contributed by atoms with Gasteiger partial charge in [-0.3, -0.25) is 0 Å². The molecule has 0 aromatic carbocycles. The summed E-state index contributed by atoms with van der Waals surface area (Å²) in [5.41, 5.74) is 0. The van der Waals surface area contributed by atoms with Crippen molar-refractivity contribution in [2.45, 2.75) is 0 Å². The van der Waals surface area contributed by atoms with Crippen molar-refractivity contribution in [1.29, 1.82) is 0 Å². The van der Waals surface area contributed by atoms with E-state index in [0.717, 1.165) is 0 Å². The second-order valence-corrected chi connectivity index (χ2v) is 12.9. The van der Waals surface area contributed by atoms with Gasteiger partial charge >= 0.3 is 0 Å². The average molecular weight is 257 g/mol. The highest BCUT2D eigenvalue weighted by atomic mass is 33.4. The van der Waals surface area contributed by atoms with Crippen LogP contribution in [0.2, 0.25) is 0 Å². The van der Waals surface area contributed by atoms with E-state index in [0.29, 0.717) is 0 Å². The highest BCUT2D eigenvalue weighted by Gasteiger charge is 1.38. The molecule has 8 heteroatoms. The predicted molar refractivity (Wildman–Crippen MR) is 58.9 cm³/mol. The largest absolute Gasteiger partial charge is 0 e. The first-order valence-corrected chi connectivity index (χ1v) is 10.5. The molecule has 0 saturated carbocycles. The number of hydrogen-bond acceptors (Lipinski definition) is 3. The molecule has 0 heterocycles. The Bertz CT molecular complexity index is 293. The van der Waals surface area contributed by atoms with Crippen LogP contribution in [0.3, 0.4) is 0 Å². The van der Waals surface area contributed by atoms with Gasteiger partial charge in [0.1, 0.15) is 0 Å². The van der Waals surface area contributed by atoms with E-state index in [4.69, 9.17) is 22.4 Å². The third-order valence-electron chi connectivity index (χ3n) is 0.139. The molecule has 0 aromatic rings. The molecule has 0 atom stereocenters. The monoisotopic (exact) mass is 256 g/mol. The maximum Gasteiger partial charge on any atom is 0 e. The van der Waals surface area contributed by atoms with Crippen LogP contribution in [0.15, 0.2) is 0 Å². The van der Waals surface area contributed by atoms with Gasteiger partial charge in [0.25, 0.3) is 0 Å². The lowest BCUT2D eigenvalue weighted by molar-refractivity contribution is 5.99. The lowest BCUT2D eigenvalue weighted by Crippen LogP contribution is -1.38. The molecule has 0 radical (unpaired) electrons. The fraction of sp³-hybridized carbons (Fsp3) is 0. The maximum absolute atomic E-state index is 4.72. The SMILES string of the molecule is S=S=S=S=S=S(=S)=S. The third-order valence-corrected chi connectivity index (χ3v) is 11.2. The molecular weight excluding hydrogens is 257 g/mol. The van der Waals surface area contributed by atoms with Gasteiger partial charge in [0.15, 0.2) is 0 Å². The molecule has 0 aromatic heterocycles. The van der Waals surface area contributed by atoms with E-state index in [2.05, 4.69) is 11.2 Å². The van der Waals surface area contributed by atoms with Gasteiger partial charge < -0.3 is 0 Å². The van der Waals surface area contributed by atoms with Crippen LogP contribution in [-0.2, 0) is 75.7 Å². The quantitative estimate of drug-likeness (QED) is 0.598. The first-order valence-electron chi connectivity index (χ1n) is 1.17. The second-order valence-electron chi connectivity index (χ2n) is 0.476. The van der Waals surface area contributed by atoms with Gasteiger partial charge in [-0.2, -0.15) is 0 Å². The molecule has 8 heavy (non-hydrogen) atoms. The van der Waals surface area contributed by atoms with Crippen molar-refractivity contribution in [3.05, 3.63) is 0 Å². The topological polar surface area (TPSA) is 0 Å². The van der Waals surface area contributed by atoms with Crippen LogP contribution in [-0.4, -0.2) is 0 Å². The molecule has 0 unspecified atom stereocenters. The van der Waals surface area contributed by atoms with Gasteiger partial charge in [0.05, 0.1) is 0 Å². The van der Waals surface area contributed by atoms with Crippen molar-refractivity contribution in [3.63, 3.8) is 0 Å². The summed E-state index contributed by atoms with van der Waals surface area (Å²) >= 11 is 14.0. The predicted octanol–water partition coefficient (Wildman–Crippen LogP) is -0.0192. The van der Waals surface area contributed by atoms with Gasteiger partial charge in [-0.15, -0.1) is 0 Å². The summed E-state index contributed by atoms with van der Waals surface area (Å²) in [5, 5.41) is 0. The van der Waals surface area contributed by atoms with Gasteiger partial charge in [-0.1, -0.05) is 0 Å². The van der Waals surface area contributed by atoms with E-state index >= 15 is 0 Å². The lowest BCUT2D eigenvalue weighted by atomic mass is 30.7. The first kappa shape index (κ1) is 9.76. The van der Waals surface area contributed by atoms with Crippen molar-refractivity contribution in [1.82, 2.24) is 0 Å². The lowest BCUT2D eigenvalue weighted by Gasteiger charge is -1.38. The highest BCUT2D eigenvalue weighted by molar-refractivity contribution is 8.75. The Morgan fingerprint density at radius 1 is 1.12 bits per heavy atom. The minimum absolute atomic E-state index is 0.351. The number of hydrogen-bond donors (Lipinski definition) is 0. The Morgan fingerprint density at radius 2 is 1.75 bits per heavy atom. The summed E-state index contributed by atoms with van der Waals surface area (Å²) < 4.78 is 0. The Labute approximate surface area is 74.6 Å². The van der Waals surface area contributed by atoms with Crippen LogP contribution in [0.25, 0.3) is 0 Å². The fourth-order valence-corrected chi connectivity index (χ4v) is 11.0. The molecule has 0 spiro atoms. The molecule has 0 N–H and O–H groups in total. The minimum atomic E-state index is -0.351. The highest BCUT2D eigenvalue weighted by Crippen LogP contribution is 1.38. The zero-order valence-corrected chi connectivity index (χ0v) is 9.80. The zero-order chi connectivity index (χ0) is 6.41. The van der Waals surface area contributed by atoms with E-state index in [9.17, 15) is 0 Å². The Kier molecular flexibility index (Phi) is 8.39. The van der Waals surface area contributed by atoms with E-state index in [1.165, 1.54) is 26.6 Å². The summed E-state index contributed by atoms with van der Waals surface area (Å²) in [5.74, 6) is 0. The van der Waals surface area contributed by atoms with Crippen molar-refractivity contribution < 1.29 is 0 Å². The van der Waals surface area contributed by atoms with Gasteiger partial charge in [-0.05, 0) is 0 Å². The van der Waals surface area contributed by atoms with E-state index in [1.807, 2.05) is 0 Å². The van der Waals surface area contributed by atoms with E-state index in [1.54, 1.807) is 8.88 Å². The van der Waals surface area contributed by atoms with Crippen LogP contribution in [0.5, 0.6) is 0 Å². The van der Waals surface area contributed by atoms with Gasteiger partial charge in [0.2, 0.25) is 0 Å². The van der Waals surface area contributed by atoms with Crippen molar-refractivity contribution in [2.75, 3.05) is 0 Å². The average Bonchev–Trinajstić information content (AvgIpc) is 1.66. The molecular formula is S8. The maximum atomic E-state index is 4.72. The van der Waals surface area contributed by atoms with Crippen LogP contribution in [0, 0.1) is 0 Å². The Balaban J connectivity index is 5.43. The van der Waals surface area contributed by atoms with E-state index < -0.39 is 0 Å². The molecule has 0 aliphatic carbocycles.